The van der Waals surface area contributed by atoms with Crippen molar-refractivity contribution in [3.8, 4) is 5.69 Å². The summed E-state index contributed by atoms with van der Waals surface area (Å²) in [6.07, 6.45) is 2.82. The molecule has 0 saturated heterocycles. The number of anilines is 2. The van der Waals surface area contributed by atoms with Gasteiger partial charge in [0.05, 0.1) is 24.1 Å². The van der Waals surface area contributed by atoms with Crippen LogP contribution in [0.15, 0.2) is 35.1 Å². The quantitative estimate of drug-likeness (QED) is 0.438. The van der Waals surface area contributed by atoms with Gasteiger partial charge in [-0.3, -0.25) is 9.48 Å². The summed E-state index contributed by atoms with van der Waals surface area (Å²) >= 11 is 7.06. The highest BCUT2D eigenvalue weighted by Crippen LogP contribution is 2.40. The summed E-state index contributed by atoms with van der Waals surface area (Å²) in [5, 5.41) is 7.12. The molecule has 2 N–H and O–H groups in total. The Hall–Kier alpha value is -2.91. The molecule has 7 nitrogen and oxygen atoms in total. The number of aromatic nitrogens is 2. The summed E-state index contributed by atoms with van der Waals surface area (Å²) in [4.78, 5) is 26.9. The van der Waals surface area contributed by atoms with Crippen molar-refractivity contribution >= 4 is 45.3 Å². The van der Waals surface area contributed by atoms with E-state index in [1.165, 1.54) is 23.3 Å². The average molecular weight is 471 g/mol. The third kappa shape index (κ3) is 3.98. The van der Waals surface area contributed by atoms with Crippen molar-refractivity contribution in [2.75, 3.05) is 17.7 Å². The first-order valence-corrected chi connectivity index (χ1v) is 11.7. The van der Waals surface area contributed by atoms with Crippen molar-refractivity contribution in [1.82, 2.24) is 9.36 Å². The van der Waals surface area contributed by atoms with Crippen molar-refractivity contribution in [3.05, 3.63) is 62.4 Å². The molecular weight excluding hydrogens is 444 g/mol. The standard InChI is InChI=1S/C23H26N4O3S2/c1-13-10-11-16-17(12-13)32-20(18(16)22(29)30-4)25-23(31)24-19-14(2)26(3)27(21(19)28)15-8-6-5-7-9-15/h5-9,13H,10-12H2,1-4H3,(H2,24,25,31). The van der Waals surface area contributed by atoms with Crippen LogP contribution in [0.2, 0.25) is 0 Å². The van der Waals surface area contributed by atoms with Gasteiger partial charge in [-0.1, -0.05) is 25.1 Å². The molecule has 9 heteroatoms. The second kappa shape index (κ2) is 8.91. The van der Waals surface area contributed by atoms with Gasteiger partial charge in [0.25, 0.3) is 5.56 Å². The molecule has 1 atom stereocenters. The highest BCUT2D eigenvalue weighted by Gasteiger charge is 2.28. The molecule has 1 aliphatic carbocycles. The minimum absolute atomic E-state index is 0.201. The maximum absolute atomic E-state index is 13.1. The summed E-state index contributed by atoms with van der Waals surface area (Å²) < 4.78 is 8.42. The molecule has 0 bridgehead atoms. The zero-order valence-corrected chi connectivity index (χ0v) is 20.2. The van der Waals surface area contributed by atoms with Crippen LogP contribution in [0.25, 0.3) is 5.69 Å². The smallest absolute Gasteiger partial charge is 0.341 e. The molecular formula is C23H26N4O3S2. The van der Waals surface area contributed by atoms with E-state index in [2.05, 4.69) is 17.6 Å². The van der Waals surface area contributed by atoms with Crippen molar-refractivity contribution in [1.29, 1.82) is 0 Å². The van der Waals surface area contributed by atoms with Crippen LogP contribution in [-0.4, -0.2) is 27.6 Å². The van der Waals surface area contributed by atoms with Crippen LogP contribution in [-0.2, 0) is 24.6 Å². The van der Waals surface area contributed by atoms with Gasteiger partial charge >= 0.3 is 5.97 Å². The molecule has 168 valence electrons. The maximum Gasteiger partial charge on any atom is 0.341 e. The number of nitrogens with one attached hydrogen (secondary N) is 2. The van der Waals surface area contributed by atoms with E-state index in [1.54, 1.807) is 9.36 Å². The third-order valence-corrected chi connectivity index (χ3v) is 7.29. The summed E-state index contributed by atoms with van der Waals surface area (Å²) in [6.45, 7) is 4.08. The van der Waals surface area contributed by atoms with Gasteiger partial charge in [-0.05, 0) is 62.0 Å². The molecule has 2 heterocycles. The van der Waals surface area contributed by atoms with Crippen LogP contribution in [0.5, 0.6) is 0 Å². The topological polar surface area (TPSA) is 77.3 Å². The van der Waals surface area contributed by atoms with E-state index < -0.39 is 0 Å². The Morgan fingerprint density at radius 2 is 1.97 bits per heavy atom. The highest BCUT2D eigenvalue weighted by atomic mass is 32.1. The van der Waals surface area contributed by atoms with Crippen LogP contribution < -0.4 is 16.2 Å². The number of fused-ring (bicyclic) bond motifs is 1. The first-order chi connectivity index (χ1) is 15.3. The summed E-state index contributed by atoms with van der Waals surface area (Å²) in [6, 6.07) is 9.43. The lowest BCUT2D eigenvalue weighted by Crippen LogP contribution is -2.25. The van der Waals surface area contributed by atoms with E-state index in [0.717, 1.165) is 36.2 Å². The maximum atomic E-state index is 13.1. The molecule has 4 rings (SSSR count). The minimum atomic E-state index is -0.371. The number of methoxy groups -OCH3 is 1. The number of thiocarbonyl (C=S) groups is 1. The molecule has 1 unspecified atom stereocenters. The number of rotatable bonds is 4. The average Bonchev–Trinajstić information content (AvgIpc) is 3.22. The van der Waals surface area contributed by atoms with Crippen LogP contribution in [0.1, 0.15) is 39.8 Å². The summed E-state index contributed by atoms with van der Waals surface area (Å²) in [5.41, 5.74) is 3.30. The molecule has 0 spiro atoms. The van der Waals surface area contributed by atoms with Gasteiger partial charge in [0.15, 0.2) is 5.11 Å². The molecule has 2 aromatic heterocycles. The normalized spacial score (nSPS) is 15.2. The van der Waals surface area contributed by atoms with Crippen molar-refractivity contribution < 1.29 is 9.53 Å². The minimum Gasteiger partial charge on any atom is -0.465 e. The zero-order valence-electron chi connectivity index (χ0n) is 18.5. The fraction of sp³-hybridized carbons (Fsp3) is 0.348. The number of carbonyl (C=O) groups is 1. The molecule has 1 aromatic carbocycles. The van der Waals surface area contributed by atoms with E-state index in [0.29, 0.717) is 22.2 Å². The Bertz CT molecular complexity index is 1240. The Kier molecular flexibility index (Phi) is 6.21. The first kappa shape index (κ1) is 22.3. The summed E-state index contributed by atoms with van der Waals surface area (Å²) in [7, 11) is 3.22. The predicted molar refractivity (Wildman–Crippen MR) is 132 cm³/mol. The first-order valence-electron chi connectivity index (χ1n) is 10.5. The van der Waals surface area contributed by atoms with Gasteiger partial charge in [0, 0.05) is 11.9 Å². The van der Waals surface area contributed by atoms with Crippen molar-refractivity contribution in [2.45, 2.75) is 33.1 Å². The lowest BCUT2D eigenvalue weighted by Gasteiger charge is -2.18. The van der Waals surface area contributed by atoms with E-state index in [4.69, 9.17) is 17.0 Å². The Morgan fingerprint density at radius 1 is 1.25 bits per heavy atom. The van der Waals surface area contributed by atoms with E-state index in [1.807, 2.05) is 44.3 Å². The monoisotopic (exact) mass is 470 g/mol. The fourth-order valence-electron chi connectivity index (χ4n) is 4.12. The SMILES string of the molecule is COC(=O)c1c(NC(=S)Nc2c(C)n(C)n(-c3ccccc3)c2=O)sc2c1CCC(C)C2. The summed E-state index contributed by atoms with van der Waals surface area (Å²) in [5.74, 6) is 0.206. The van der Waals surface area contributed by atoms with Gasteiger partial charge in [-0.2, -0.15) is 0 Å². The number of ether oxygens (including phenoxy) is 1. The number of hydrogen-bond donors (Lipinski definition) is 2. The number of nitrogens with zero attached hydrogens (tertiary/aromatic N) is 2. The van der Waals surface area contributed by atoms with Crippen LogP contribution in [0.4, 0.5) is 10.7 Å². The fourth-order valence-corrected chi connectivity index (χ4v) is 5.79. The zero-order chi connectivity index (χ0) is 23.0. The van der Waals surface area contributed by atoms with Gasteiger partial charge in [0.1, 0.15) is 10.7 Å². The largest absolute Gasteiger partial charge is 0.465 e. The number of thiophene rings is 1. The Labute approximate surface area is 196 Å². The molecule has 0 fully saturated rings. The lowest BCUT2D eigenvalue weighted by molar-refractivity contribution is 0.0601. The van der Waals surface area contributed by atoms with Gasteiger partial charge in [0.2, 0.25) is 0 Å². The number of hydrogen-bond acceptors (Lipinski definition) is 5. The molecule has 0 amide bonds. The number of benzene rings is 1. The molecule has 32 heavy (non-hydrogen) atoms. The van der Waals surface area contributed by atoms with E-state index in [9.17, 15) is 9.59 Å². The van der Waals surface area contributed by atoms with Gasteiger partial charge in [-0.15, -0.1) is 11.3 Å². The van der Waals surface area contributed by atoms with Crippen LogP contribution in [0, 0.1) is 12.8 Å². The number of carbonyl (C=O) groups excluding carboxylic acids is 1. The van der Waals surface area contributed by atoms with Crippen LogP contribution >= 0.6 is 23.6 Å². The number of para-hydroxylation sites is 1. The molecule has 0 radical (unpaired) electrons. The lowest BCUT2D eigenvalue weighted by atomic mass is 9.88. The molecule has 1 aliphatic rings. The van der Waals surface area contributed by atoms with Crippen molar-refractivity contribution in [3.63, 3.8) is 0 Å². The van der Waals surface area contributed by atoms with Crippen molar-refractivity contribution in [2.24, 2.45) is 13.0 Å². The Balaban J connectivity index is 1.63. The van der Waals surface area contributed by atoms with Gasteiger partial charge in [-0.25, -0.2) is 9.48 Å². The van der Waals surface area contributed by atoms with E-state index >= 15 is 0 Å². The second-order valence-corrected chi connectivity index (χ2v) is 9.58. The predicted octanol–water partition coefficient (Wildman–Crippen LogP) is 4.27. The Morgan fingerprint density at radius 3 is 2.66 bits per heavy atom. The van der Waals surface area contributed by atoms with E-state index in [-0.39, 0.29) is 16.6 Å². The number of esters is 1. The highest BCUT2D eigenvalue weighted by molar-refractivity contribution is 7.80. The molecule has 3 aromatic rings. The van der Waals surface area contributed by atoms with Crippen LogP contribution in [0.3, 0.4) is 0 Å². The second-order valence-electron chi connectivity index (χ2n) is 8.06. The molecule has 0 saturated carbocycles. The van der Waals surface area contributed by atoms with Gasteiger partial charge < -0.3 is 15.4 Å². The molecule has 0 aliphatic heterocycles. The third-order valence-electron chi connectivity index (χ3n) is 5.92.